The summed E-state index contributed by atoms with van der Waals surface area (Å²) in [5.74, 6) is -0.674. The predicted octanol–water partition coefficient (Wildman–Crippen LogP) is 6.86. The van der Waals surface area contributed by atoms with Gasteiger partial charge in [-0.15, -0.1) is 5.10 Å². The van der Waals surface area contributed by atoms with E-state index in [1.54, 1.807) is 6.92 Å². The largest absolute Gasteiger partial charge is 0.413 e. The fourth-order valence-corrected chi connectivity index (χ4v) is 5.44. The molecule has 41 heavy (non-hydrogen) atoms. The Morgan fingerprint density at radius 1 is 1.20 bits per heavy atom. The first-order valence-corrected chi connectivity index (χ1v) is 14.0. The highest BCUT2D eigenvalue weighted by atomic mass is 127. The molecule has 1 aliphatic carbocycles. The molecule has 214 valence electrons. The van der Waals surface area contributed by atoms with Crippen LogP contribution in [0.4, 0.5) is 28.9 Å². The summed E-state index contributed by atoms with van der Waals surface area (Å²) in [5.41, 5.74) is 1.28. The van der Waals surface area contributed by atoms with Crippen molar-refractivity contribution >= 4 is 44.9 Å². The maximum absolute atomic E-state index is 13.9. The van der Waals surface area contributed by atoms with Crippen LogP contribution in [0.2, 0.25) is 0 Å². The minimum atomic E-state index is -4.47. The lowest BCUT2D eigenvalue weighted by Gasteiger charge is -2.23. The topological polar surface area (TPSA) is 104 Å². The normalized spacial score (nSPS) is 15.4. The number of nitrogens with zero attached hydrogens (tertiary/aromatic N) is 6. The number of hydrogen-bond acceptors (Lipinski definition) is 7. The second-order valence-electron chi connectivity index (χ2n) is 11.4. The van der Waals surface area contributed by atoms with Crippen molar-refractivity contribution in [3.05, 3.63) is 68.7 Å². The zero-order chi connectivity index (χ0) is 29.7. The number of aryl methyl sites for hydroxylation is 1. The molecule has 1 fully saturated rings. The number of fused-ring (bicyclic) bond motifs is 1. The van der Waals surface area contributed by atoms with Gasteiger partial charge in [-0.2, -0.15) is 22.8 Å². The molecule has 3 heterocycles. The molecule has 8 nitrogen and oxygen atoms in total. The van der Waals surface area contributed by atoms with E-state index in [0.717, 1.165) is 8.25 Å². The van der Waals surface area contributed by atoms with Crippen LogP contribution in [-0.2, 0) is 5.54 Å². The molecule has 3 aromatic heterocycles. The minimum absolute atomic E-state index is 0.0648. The summed E-state index contributed by atoms with van der Waals surface area (Å²) in [6.45, 7) is 8.45. The summed E-state index contributed by atoms with van der Waals surface area (Å²) in [4.78, 5) is 8.42. The summed E-state index contributed by atoms with van der Waals surface area (Å²) in [7, 11) is 0. The molecule has 0 radical (unpaired) electrons. The van der Waals surface area contributed by atoms with Crippen molar-refractivity contribution in [2.75, 3.05) is 17.2 Å². The van der Waals surface area contributed by atoms with Crippen LogP contribution in [0.25, 0.3) is 10.9 Å². The van der Waals surface area contributed by atoms with Crippen LogP contribution in [0.1, 0.15) is 62.2 Å². The van der Waals surface area contributed by atoms with Gasteiger partial charge in [0.15, 0.2) is 5.54 Å². The summed E-state index contributed by atoms with van der Waals surface area (Å²) < 4.78 is 57.0. The number of pyridine rings is 2. The minimum Gasteiger partial charge on any atom is -0.383 e. The first-order valence-electron chi connectivity index (χ1n) is 12.9. The number of nitriles is 1. The Morgan fingerprint density at radius 2 is 1.93 bits per heavy atom. The molecule has 0 unspecified atom stereocenters. The number of benzene rings is 1. The third-order valence-corrected chi connectivity index (χ3v) is 7.87. The first kappa shape index (κ1) is 29.0. The Morgan fingerprint density at radius 3 is 2.54 bits per heavy atom. The number of halogens is 5. The smallest absolute Gasteiger partial charge is 0.383 e. The quantitative estimate of drug-likeness (QED) is 0.125. The van der Waals surface area contributed by atoms with Crippen LogP contribution in [0.5, 0.6) is 0 Å². The number of aromatic nitrogens is 5. The molecule has 2 N–H and O–H groups in total. The van der Waals surface area contributed by atoms with Gasteiger partial charge >= 0.3 is 6.18 Å². The highest BCUT2D eigenvalue weighted by molar-refractivity contribution is 14.1. The van der Waals surface area contributed by atoms with E-state index in [0.29, 0.717) is 45.6 Å². The van der Waals surface area contributed by atoms with Crippen molar-refractivity contribution in [2.45, 2.75) is 58.3 Å². The van der Waals surface area contributed by atoms with Gasteiger partial charge in [0, 0.05) is 38.6 Å². The van der Waals surface area contributed by atoms with Gasteiger partial charge in [0.2, 0.25) is 5.95 Å². The monoisotopic (exact) mass is 678 g/mol. The standard InChI is InChI=1S/C28H27F4IN8/c1-15-18(5-6-22(29)37-15)25(21-13-41(40-39-21)27(7-8-27)28(30,31)32)38-17-9-19-23(36-14-26(2,3)4)16(11-34)12-35-24(19)20(33)10-17/h5-6,9-10,12-13,25,38H,7-8,14H2,1-4H3,(H,35,36)/t25-/m0/s1. The van der Waals surface area contributed by atoms with Crippen molar-refractivity contribution in [3.8, 4) is 6.07 Å². The third-order valence-electron chi connectivity index (χ3n) is 7.05. The Hall–Kier alpha value is -3.54. The molecule has 0 saturated heterocycles. The molecular weight excluding hydrogens is 651 g/mol. The highest BCUT2D eigenvalue weighted by Gasteiger charge is 2.66. The molecule has 0 spiro atoms. The number of nitrogens with one attached hydrogen (secondary N) is 2. The molecule has 13 heteroatoms. The molecule has 1 atom stereocenters. The van der Waals surface area contributed by atoms with E-state index in [1.807, 2.05) is 12.1 Å². The van der Waals surface area contributed by atoms with Crippen LogP contribution in [0.3, 0.4) is 0 Å². The lowest BCUT2D eigenvalue weighted by Crippen LogP contribution is -2.35. The van der Waals surface area contributed by atoms with Gasteiger partial charge in [-0.3, -0.25) is 4.98 Å². The Balaban J connectivity index is 1.61. The van der Waals surface area contributed by atoms with E-state index in [1.165, 1.54) is 24.5 Å². The Bertz CT molecular complexity index is 1660. The van der Waals surface area contributed by atoms with Crippen molar-refractivity contribution in [2.24, 2.45) is 5.41 Å². The fourth-order valence-electron chi connectivity index (χ4n) is 4.67. The molecule has 0 bridgehead atoms. The van der Waals surface area contributed by atoms with Gasteiger partial charge in [0.25, 0.3) is 0 Å². The molecule has 5 rings (SSSR count). The maximum Gasteiger partial charge on any atom is 0.413 e. The molecule has 1 saturated carbocycles. The van der Waals surface area contributed by atoms with Crippen LogP contribution < -0.4 is 10.6 Å². The van der Waals surface area contributed by atoms with Gasteiger partial charge in [-0.1, -0.05) is 32.1 Å². The van der Waals surface area contributed by atoms with Crippen molar-refractivity contribution < 1.29 is 17.6 Å². The number of hydrogen-bond donors (Lipinski definition) is 2. The van der Waals surface area contributed by atoms with Gasteiger partial charge < -0.3 is 10.6 Å². The number of alkyl halides is 3. The molecule has 4 aromatic rings. The van der Waals surface area contributed by atoms with Crippen molar-refractivity contribution in [1.82, 2.24) is 25.0 Å². The zero-order valence-electron chi connectivity index (χ0n) is 22.7. The van der Waals surface area contributed by atoms with E-state index in [2.05, 4.69) is 80.3 Å². The zero-order valence-corrected chi connectivity index (χ0v) is 24.9. The molecular formula is C28H27F4IN8. The molecule has 1 aromatic carbocycles. The molecule has 1 aliphatic rings. The fraction of sp³-hybridized carbons (Fsp3) is 0.393. The van der Waals surface area contributed by atoms with E-state index in [-0.39, 0.29) is 24.0 Å². The highest BCUT2D eigenvalue weighted by Crippen LogP contribution is 2.55. The van der Waals surface area contributed by atoms with E-state index >= 15 is 0 Å². The number of anilines is 2. The number of rotatable bonds is 7. The van der Waals surface area contributed by atoms with Crippen LogP contribution in [0.15, 0.2) is 36.7 Å². The third kappa shape index (κ3) is 5.66. The van der Waals surface area contributed by atoms with Gasteiger partial charge in [0.1, 0.15) is 11.8 Å². The van der Waals surface area contributed by atoms with Gasteiger partial charge in [0.05, 0.1) is 29.0 Å². The lowest BCUT2D eigenvalue weighted by molar-refractivity contribution is -0.182. The van der Waals surface area contributed by atoms with E-state index in [4.69, 9.17) is 0 Å². The van der Waals surface area contributed by atoms with Gasteiger partial charge in [-0.05, 0) is 66.0 Å². The molecule has 0 aliphatic heterocycles. The van der Waals surface area contributed by atoms with E-state index in [9.17, 15) is 22.8 Å². The first-order chi connectivity index (χ1) is 19.2. The predicted molar refractivity (Wildman–Crippen MR) is 155 cm³/mol. The SMILES string of the molecule is Cc1nc(F)ccc1[C@H](Nc1cc(I)c2ncc(C#N)c(NCC(C)(C)C)c2c1)c1cn(C2(C(F)(F)F)CC2)nn1. The molecule has 0 amide bonds. The second kappa shape index (κ2) is 10.4. The van der Waals surface area contributed by atoms with Crippen LogP contribution in [0, 0.1) is 33.2 Å². The van der Waals surface area contributed by atoms with Gasteiger partial charge in [-0.25, -0.2) is 9.67 Å². The average Bonchev–Trinajstić information content (AvgIpc) is 3.57. The Labute approximate surface area is 247 Å². The average molecular weight is 678 g/mol. The second-order valence-corrected chi connectivity index (χ2v) is 12.6. The summed E-state index contributed by atoms with van der Waals surface area (Å²) in [6, 6.07) is 7.80. The maximum atomic E-state index is 13.9. The van der Waals surface area contributed by atoms with E-state index < -0.39 is 23.7 Å². The summed E-state index contributed by atoms with van der Waals surface area (Å²) in [6.07, 6.45) is -1.79. The van der Waals surface area contributed by atoms with Crippen LogP contribution in [-0.4, -0.2) is 37.7 Å². The lowest BCUT2D eigenvalue weighted by atomic mass is 9.96. The Kier molecular flexibility index (Phi) is 7.33. The van der Waals surface area contributed by atoms with Crippen LogP contribution >= 0.6 is 22.6 Å². The van der Waals surface area contributed by atoms with Crippen molar-refractivity contribution in [3.63, 3.8) is 0 Å². The summed E-state index contributed by atoms with van der Waals surface area (Å²) >= 11 is 2.16. The summed E-state index contributed by atoms with van der Waals surface area (Å²) in [5, 5.41) is 25.2. The van der Waals surface area contributed by atoms with Crippen molar-refractivity contribution in [1.29, 1.82) is 5.26 Å².